The topological polar surface area (TPSA) is 106 Å². The Kier molecular flexibility index (Phi) is 8.53. The molecule has 3 aliphatic rings. The lowest BCUT2D eigenvalue weighted by Crippen LogP contribution is -2.50. The lowest BCUT2D eigenvalue weighted by Gasteiger charge is -2.34. The third kappa shape index (κ3) is 6.89. The van der Waals surface area contributed by atoms with Gasteiger partial charge in [0, 0.05) is 49.6 Å². The highest BCUT2D eigenvalue weighted by Crippen LogP contribution is 2.28. The summed E-state index contributed by atoms with van der Waals surface area (Å²) >= 11 is 0. The molecule has 0 amide bonds. The third-order valence-electron chi connectivity index (χ3n) is 7.68. The number of allylic oxidation sites excluding steroid dienone is 1. The van der Waals surface area contributed by atoms with E-state index < -0.39 is 15.8 Å². The molecule has 0 aromatic heterocycles. The minimum Gasteiger partial charge on any atom is -0.345 e. The summed E-state index contributed by atoms with van der Waals surface area (Å²) in [4.78, 5) is 18.9. The van der Waals surface area contributed by atoms with E-state index in [9.17, 15) is 17.6 Å². The van der Waals surface area contributed by atoms with Gasteiger partial charge < -0.3 is 20.9 Å². The zero-order chi connectivity index (χ0) is 28.2. The summed E-state index contributed by atoms with van der Waals surface area (Å²) in [6.07, 6.45) is 7.75. The van der Waals surface area contributed by atoms with Crippen molar-refractivity contribution >= 4 is 33.4 Å². The molecule has 1 saturated carbocycles. The second-order valence-electron chi connectivity index (χ2n) is 10.8. The van der Waals surface area contributed by atoms with Crippen molar-refractivity contribution in [2.24, 2.45) is 4.99 Å². The highest BCUT2D eigenvalue weighted by Gasteiger charge is 2.34. The predicted octanol–water partition coefficient (Wildman–Crippen LogP) is 4.14. The first kappa shape index (κ1) is 28.3. The van der Waals surface area contributed by atoms with Gasteiger partial charge in [-0.2, -0.15) is 4.31 Å². The molecule has 214 valence electrons. The number of benzene rings is 2. The predicted molar refractivity (Wildman–Crippen MR) is 155 cm³/mol. The number of nitrogens with zero attached hydrogens (tertiary/aromatic N) is 3. The number of likely N-dealkylation sites (tertiary alicyclic amines) is 1. The number of rotatable bonds is 10. The van der Waals surface area contributed by atoms with E-state index in [-0.39, 0.29) is 22.5 Å². The highest BCUT2D eigenvalue weighted by molar-refractivity contribution is 7.89. The fraction of sp³-hybridized carbons (Fsp3) is 0.448. The maximum Gasteiger partial charge on any atom is 0.243 e. The van der Waals surface area contributed by atoms with E-state index in [2.05, 4.69) is 25.8 Å². The summed E-state index contributed by atoms with van der Waals surface area (Å²) in [6.45, 7) is 4.99. The zero-order valence-corrected chi connectivity index (χ0v) is 23.6. The Morgan fingerprint density at radius 1 is 1.05 bits per heavy atom. The molecule has 2 aromatic rings. The lowest BCUT2D eigenvalue weighted by molar-refractivity contribution is -0.121. The van der Waals surface area contributed by atoms with Crippen LogP contribution in [0.25, 0.3) is 0 Å². The van der Waals surface area contributed by atoms with Crippen LogP contribution in [-0.4, -0.2) is 67.6 Å². The average molecular weight is 569 g/mol. The van der Waals surface area contributed by atoms with Crippen molar-refractivity contribution in [1.82, 2.24) is 14.5 Å². The molecule has 1 atom stereocenters. The molecular weight excluding hydrogens is 531 g/mol. The van der Waals surface area contributed by atoms with Crippen molar-refractivity contribution in [1.29, 1.82) is 0 Å². The van der Waals surface area contributed by atoms with Gasteiger partial charge in [-0.15, -0.1) is 0 Å². The van der Waals surface area contributed by atoms with Gasteiger partial charge in [-0.25, -0.2) is 17.8 Å². The average Bonchev–Trinajstić information content (AvgIpc) is 3.45. The molecule has 2 heterocycles. The van der Waals surface area contributed by atoms with Crippen LogP contribution in [0.1, 0.15) is 45.4 Å². The lowest BCUT2D eigenvalue weighted by atomic mass is 9.94. The molecule has 2 aliphatic heterocycles. The third-order valence-corrected chi connectivity index (χ3v) is 9.65. The standard InChI is InChI=1S/C29H37FN6O3S/c1-29(31-17-16-28(34-29)32-23-6-4-22(30)5-7-23)33-24-8-14-27(15-9-24)40(38,39)36(21-20-35-18-2-3-19-35)25-10-12-26(37)13-11-25/h4-9,14-17,25,32-34H,2-3,10-13,18-21H2,1H3. The molecule has 0 bridgehead atoms. The molecule has 1 unspecified atom stereocenters. The largest absolute Gasteiger partial charge is 0.345 e. The highest BCUT2D eigenvalue weighted by atomic mass is 32.2. The van der Waals surface area contributed by atoms with Crippen LogP contribution < -0.4 is 16.0 Å². The van der Waals surface area contributed by atoms with E-state index in [1.165, 1.54) is 12.1 Å². The molecule has 2 aromatic carbocycles. The van der Waals surface area contributed by atoms with Crippen LogP contribution in [0.5, 0.6) is 0 Å². The van der Waals surface area contributed by atoms with Crippen molar-refractivity contribution in [3.8, 4) is 0 Å². The minimum atomic E-state index is -3.74. The quantitative estimate of drug-likeness (QED) is 0.396. The molecule has 9 nitrogen and oxygen atoms in total. The van der Waals surface area contributed by atoms with Gasteiger partial charge >= 0.3 is 0 Å². The number of halogens is 1. The van der Waals surface area contributed by atoms with E-state index in [4.69, 9.17) is 0 Å². The van der Waals surface area contributed by atoms with Gasteiger partial charge in [0.1, 0.15) is 17.4 Å². The fourth-order valence-electron chi connectivity index (χ4n) is 5.51. The molecular formula is C29H37FN6O3S. The maximum absolute atomic E-state index is 13.8. The number of nitrogens with one attached hydrogen (secondary N) is 3. The van der Waals surface area contributed by atoms with Crippen molar-refractivity contribution in [3.05, 3.63) is 66.2 Å². The van der Waals surface area contributed by atoms with E-state index in [0.29, 0.717) is 50.3 Å². The van der Waals surface area contributed by atoms with Crippen molar-refractivity contribution < 1.29 is 17.6 Å². The van der Waals surface area contributed by atoms with Crippen LogP contribution in [0.2, 0.25) is 0 Å². The van der Waals surface area contributed by atoms with Crippen LogP contribution in [0.4, 0.5) is 15.8 Å². The van der Waals surface area contributed by atoms with Gasteiger partial charge in [0.05, 0.1) is 4.90 Å². The Balaban J connectivity index is 1.26. The van der Waals surface area contributed by atoms with Gasteiger partial charge in [-0.05, 0) is 100 Å². The SMILES string of the molecule is CC1(Nc2ccc(S(=O)(=O)N(CCN3CCCC3)C3CCC(=O)CC3)cc2)N=CC=C(Nc2ccc(F)cc2)N1. The van der Waals surface area contributed by atoms with E-state index in [1.54, 1.807) is 53.0 Å². The molecule has 1 aliphatic carbocycles. The summed E-state index contributed by atoms with van der Waals surface area (Å²) < 4.78 is 42.6. The number of carbonyl (C=O) groups excluding carboxylic acids is 1. The molecule has 40 heavy (non-hydrogen) atoms. The van der Waals surface area contributed by atoms with E-state index in [0.717, 1.165) is 31.6 Å². The Morgan fingerprint density at radius 2 is 1.70 bits per heavy atom. The summed E-state index contributed by atoms with van der Waals surface area (Å²) in [7, 11) is -3.74. The number of Topliss-reactive ketones (excluding diaryl/α,β-unsaturated/α-hetero) is 1. The number of anilines is 2. The smallest absolute Gasteiger partial charge is 0.243 e. The Labute approximate surface area is 235 Å². The van der Waals surface area contributed by atoms with Gasteiger partial charge in [-0.3, -0.25) is 4.79 Å². The van der Waals surface area contributed by atoms with Crippen LogP contribution in [-0.2, 0) is 14.8 Å². The van der Waals surface area contributed by atoms with Crippen LogP contribution in [0.3, 0.4) is 0 Å². The first-order chi connectivity index (χ1) is 19.2. The fourth-order valence-corrected chi connectivity index (χ4v) is 7.18. The molecule has 3 N–H and O–H groups in total. The van der Waals surface area contributed by atoms with E-state index in [1.807, 2.05) is 6.92 Å². The second kappa shape index (κ2) is 12.1. The number of hydrogen-bond donors (Lipinski definition) is 3. The van der Waals surface area contributed by atoms with Gasteiger partial charge in [-0.1, -0.05) is 0 Å². The minimum absolute atomic E-state index is 0.165. The molecule has 1 saturated heterocycles. The molecule has 11 heteroatoms. The Hall–Kier alpha value is -3.28. The normalized spacial score (nSPS) is 22.3. The number of ketones is 1. The van der Waals surface area contributed by atoms with Gasteiger partial charge in [0.15, 0.2) is 0 Å². The van der Waals surface area contributed by atoms with Crippen molar-refractivity contribution in [2.45, 2.75) is 62.2 Å². The van der Waals surface area contributed by atoms with Crippen LogP contribution in [0, 0.1) is 5.82 Å². The maximum atomic E-state index is 13.8. The van der Waals surface area contributed by atoms with Gasteiger partial charge in [0.25, 0.3) is 0 Å². The van der Waals surface area contributed by atoms with Crippen LogP contribution >= 0.6 is 0 Å². The summed E-state index contributed by atoms with van der Waals surface area (Å²) in [5, 5.41) is 9.80. The second-order valence-corrected chi connectivity index (χ2v) is 12.7. The number of sulfonamides is 1. The number of hydrogen-bond acceptors (Lipinski definition) is 8. The monoisotopic (exact) mass is 568 g/mol. The first-order valence-electron chi connectivity index (χ1n) is 13.9. The number of carbonyl (C=O) groups is 1. The summed E-state index contributed by atoms with van der Waals surface area (Å²) in [5.74, 6) is -0.316. The molecule has 2 fully saturated rings. The summed E-state index contributed by atoms with van der Waals surface area (Å²) in [6, 6.07) is 12.6. The first-order valence-corrected chi connectivity index (χ1v) is 15.3. The molecule has 0 radical (unpaired) electrons. The van der Waals surface area contributed by atoms with Crippen molar-refractivity contribution in [3.63, 3.8) is 0 Å². The van der Waals surface area contributed by atoms with E-state index >= 15 is 0 Å². The summed E-state index contributed by atoms with van der Waals surface area (Å²) in [5.41, 5.74) is 1.42. The number of aliphatic imine (C=N–C) groups is 1. The Bertz CT molecular complexity index is 1350. The van der Waals surface area contributed by atoms with Gasteiger partial charge in [0.2, 0.25) is 15.8 Å². The molecule has 5 rings (SSSR count). The Morgan fingerprint density at radius 3 is 2.38 bits per heavy atom. The zero-order valence-electron chi connectivity index (χ0n) is 22.8. The van der Waals surface area contributed by atoms with Crippen LogP contribution in [0.15, 0.2) is 70.3 Å². The van der Waals surface area contributed by atoms with Crippen molar-refractivity contribution in [2.75, 3.05) is 36.8 Å². The molecule has 0 spiro atoms.